The van der Waals surface area contributed by atoms with E-state index in [2.05, 4.69) is 9.97 Å². The number of thiazole rings is 1. The van der Waals surface area contributed by atoms with Gasteiger partial charge >= 0.3 is 6.18 Å². The highest BCUT2D eigenvalue weighted by Gasteiger charge is 2.41. The molecule has 0 spiro atoms. The number of rotatable bonds is 3. The van der Waals surface area contributed by atoms with Crippen LogP contribution in [0.1, 0.15) is 15.4 Å². The molecule has 3 aromatic rings. The quantitative estimate of drug-likeness (QED) is 0.640. The number of pyridine rings is 1. The second-order valence-electron chi connectivity index (χ2n) is 6.53. The molecule has 1 saturated heterocycles. The number of halogens is 3. The van der Waals surface area contributed by atoms with E-state index in [1.807, 2.05) is 23.1 Å². The smallest absolute Gasteiger partial charge is 0.353 e. The Balaban J connectivity index is 1.56. The molecule has 1 aliphatic rings. The molecule has 1 aliphatic heterocycles. The van der Waals surface area contributed by atoms with Gasteiger partial charge in [-0.1, -0.05) is 36.4 Å². The van der Waals surface area contributed by atoms with Gasteiger partial charge in [-0.05, 0) is 12.1 Å². The van der Waals surface area contributed by atoms with Crippen LogP contribution in [0.5, 0.6) is 0 Å². The van der Waals surface area contributed by atoms with E-state index in [0.717, 1.165) is 17.2 Å². The lowest BCUT2D eigenvalue weighted by Crippen LogP contribution is -2.49. The van der Waals surface area contributed by atoms with Gasteiger partial charge in [0.05, 0.1) is 0 Å². The van der Waals surface area contributed by atoms with Crippen molar-refractivity contribution in [3.63, 3.8) is 0 Å². The first-order valence-corrected chi connectivity index (χ1v) is 9.84. The summed E-state index contributed by atoms with van der Waals surface area (Å²) < 4.78 is 40.6. The van der Waals surface area contributed by atoms with Gasteiger partial charge in [0.25, 0.3) is 5.91 Å². The van der Waals surface area contributed by atoms with Crippen LogP contribution in [0.2, 0.25) is 0 Å². The van der Waals surface area contributed by atoms with Crippen molar-refractivity contribution in [1.29, 1.82) is 0 Å². The predicted molar refractivity (Wildman–Crippen MR) is 105 cm³/mol. The summed E-state index contributed by atoms with van der Waals surface area (Å²) >= 11 is 0.790. The number of carbonyl (C=O) groups excluding carboxylic acids is 1. The summed E-state index contributed by atoms with van der Waals surface area (Å²) in [6, 6.07) is 14.1. The average molecular weight is 418 g/mol. The van der Waals surface area contributed by atoms with Gasteiger partial charge in [-0.2, -0.15) is 13.2 Å². The van der Waals surface area contributed by atoms with Crippen molar-refractivity contribution in [2.24, 2.45) is 0 Å². The number of alkyl halides is 3. The molecular formula is C20H17F3N4OS. The number of piperazine rings is 1. The first-order valence-electron chi connectivity index (χ1n) is 9.02. The molecule has 1 aromatic carbocycles. The Morgan fingerprint density at radius 1 is 0.966 bits per heavy atom. The molecule has 0 bridgehead atoms. The molecule has 2 aromatic heterocycles. The summed E-state index contributed by atoms with van der Waals surface area (Å²) in [6.45, 7) is 1.67. The fraction of sp³-hybridized carbons (Fsp3) is 0.250. The number of anilines is 1. The zero-order valence-corrected chi connectivity index (χ0v) is 16.1. The van der Waals surface area contributed by atoms with Crippen LogP contribution in [-0.4, -0.2) is 47.0 Å². The van der Waals surface area contributed by atoms with Gasteiger partial charge in [0.15, 0.2) is 5.69 Å². The lowest BCUT2D eigenvalue weighted by molar-refractivity contribution is -0.141. The van der Waals surface area contributed by atoms with Crippen molar-refractivity contribution in [2.45, 2.75) is 6.18 Å². The average Bonchev–Trinajstić information content (AvgIpc) is 3.21. The van der Waals surface area contributed by atoms with Crippen molar-refractivity contribution in [2.75, 3.05) is 31.1 Å². The fourth-order valence-corrected chi connectivity index (χ4v) is 4.24. The van der Waals surface area contributed by atoms with E-state index in [1.54, 1.807) is 36.5 Å². The van der Waals surface area contributed by atoms with Gasteiger partial charge in [-0.3, -0.25) is 4.79 Å². The highest BCUT2D eigenvalue weighted by atomic mass is 32.1. The molecule has 5 nitrogen and oxygen atoms in total. The Labute approximate surface area is 169 Å². The highest BCUT2D eigenvalue weighted by Crippen LogP contribution is 2.38. The SMILES string of the molecule is O=C(c1sc(-c2ccccc2)nc1C(F)(F)F)N1CCN(c2ccccn2)CC1. The van der Waals surface area contributed by atoms with Crippen LogP contribution in [0.4, 0.5) is 19.0 Å². The molecule has 0 radical (unpaired) electrons. The van der Waals surface area contributed by atoms with Crippen LogP contribution < -0.4 is 4.90 Å². The standard InChI is InChI=1S/C20H17F3N4OS/c21-20(22,23)17-16(29-18(25-17)14-6-2-1-3-7-14)19(28)27-12-10-26(11-13-27)15-8-4-5-9-24-15/h1-9H,10-13H2. The minimum absolute atomic E-state index is 0.188. The minimum Gasteiger partial charge on any atom is -0.353 e. The maximum absolute atomic E-state index is 13.5. The third-order valence-corrected chi connectivity index (χ3v) is 5.74. The van der Waals surface area contributed by atoms with Gasteiger partial charge in [0.2, 0.25) is 0 Å². The van der Waals surface area contributed by atoms with E-state index in [9.17, 15) is 18.0 Å². The van der Waals surface area contributed by atoms with Crippen molar-refractivity contribution in [1.82, 2.24) is 14.9 Å². The van der Waals surface area contributed by atoms with Crippen molar-refractivity contribution < 1.29 is 18.0 Å². The number of amides is 1. The summed E-state index contributed by atoms with van der Waals surface area (Å²) in [7, 11) is 0. The summed E-state index contributed by atoms with van der Waals surface area (Å²) in [6.07, 6.45) is -3.00. The third-order valence-electron chi connectivity index (χ3n) is 4.65. The Bertz CT molecular complexity index is 984. The molecular weight excluding hydrogens is 401 g/mol. The van der Waals surface area contributed by atoms with Gasteiger partial charge in [0, 0.05) is 37.9 Å². The van der Waals surface area contributed by atoms with Gasteiger partial charge in [-0.15, -0.1) is 11.3 Å². The zero-order chi connectivity index (χ0) is 20.4. The minimum atomic E-state index is -4.69. The maximum Gasteiger partial charge on any atom is 0.435 e. The Kier molecular flexibility index (Phi) is 5.23. The fourth-order valence-electron chi connectivity index (χ4n) is 3.18. The summed E-state index contributed by atoms with van der Waals surface area (Å²) in [5, 5.41) is 0.188. The van der Waals surface area contributed by atoms with Crippen LogP contribution >= 0.6 is 11.3 Å². The van der Waals surface area contributed by atoms with E-state index in [4.69, 9.17) is 0 Å². The molecule has 1 amide bonds. The van der Waals surface area contributed by atoms with Crippen LogP contribution in [-0.2, 0) is 6.18 Å². The van der Waals surface area contributed by atoms with Gasteiger partial charge in [0.1, 0.15) is 15.7 Å². The van der Waals surface area contributed by atoms with Crippen molar-refractivity contribution in [3.05, 3.63) is 65.3 Å². The maximum atomic E-state index is 13.5. The summed E-state index contributed by atoms with van der Waals surface area (Å²) in [5.74, 6) is 0.164. The van der Waals surface area contributed by atoms with Crippen molar-refractivity contribution >= 4 is 23.1 Å². The Hall–Kier alpha value is -2.94. The van der Waals surface area contributed by atoms with Crippen LogP contribution in [0.25, 0.3) is 10.6 Å². The molecule has 150 valence electrons. The summed E-state index contributed by atoms with van der Waals surface area (Å²) in [5.41, 5.74) is -0.555. The molecule has 0 aliphatic carbocycles. The number of carbonyl (C=O) groups is 1. The third kappa shape index (κ3) is 4.09. The lowest BCUT2D eigenvalue weighted by atomic mass is 10.2. The van der Waals surface area contributed by atoms with Crippen molar-refractivity contribution in [3.8, 4) is 10.6 Å². The zero-order valence-electron chi connectivity index (χ0n) is 15.3. The lowest BCUT2D eigenvalue weighted by Gasteiger charge is -2.35. The summed E-state index contributed by atoms with van der Waals surface area (Å²) in [4.78, 5) is 24.1. The molecule has 0 unspecified atom stereocenters. The molecule has 3 heterocycles. The molecule has 0 saturated carbocycles. The number of benzene rings is 1. The predicted octanol–water partition coefficient (Wildman–Crippen LogP) is 4.19. The number of nitrogens with zero attached hydrogens (tertiary/aromatic N) is 4. The monoisotopic (exact) mass is 418 g/mol. The first kappa shape index (κ1) is 19.4. The largest absolute Gasteiger partial charge is 0.435 e. The van der Waals surface area contributed by atoms with Gasteiger partial charge in [-0.25, -0.2) is 9.97 Å². The van der Waals surface area contributed by atoms with E-state index in [-0.39, 0.29) is 9.88 Å². The number of hydrogen-bond donors (Lipinski definition) is 0. The molecule has 4 rings (SSSR count). The number of hydrogen-bond acceptors (Lipinski definition) is 5. The van der Waals surface area contributed by atoms with E-state index < -0.39 is 17.8 Å². The molecule has 1 fully saturated rings. The van der Waals surface area contributed by atoms with Crippen LogP contribution in [0.3, 0.4) is 0 Å². The van der Waals surface area contributed by atoms with E-state index >= 15 is 0 Å². The molecule has 29 heavy (non-hydrogen) atoms. The second-order valence-corrected chi connectivity index (χ2v) is 7.53. The van der Waals surface area contributed by atoms with Crippen LogP contribution in [0, 0.1) is 0 Å². The Morgan fingerprint density at radius 3 is 2.28 bits per heavy atom. The normalized spacial score (nSPS) is 14.9. The Morgan fingerprint density at radius 2 is 1.66 bits per heavy atom. The topological polar surface area (TPSA) is 49.3 Å². The number of aromatic nitrogens is 2. The second kappa shape index (κ2) is 7.82. The molecule has 0 N–H and O–H groups in total. The van der Waals surface area contributed by atoms with E-state index in [0.29, 0.717) is 31.7 Å². The highest BCUT2D eigenvalue weighted by molar-refractivity contribution is 7.17. The molecule has 9 heteroatoms. The van der Waals surface area contributed by atoms with E-state index in [1.165, 1.54) is 4.90 Å². The van der Waals surface area contributed by atoms with Gasteiger partial charge < -0.3 is 9.80 Å². The molecule has 0 atom stereocenters. The van der Waals surface area contributed by atoms with Crippen LogP contribution in [0.15, 0.2) is 54.7 Å². The first-order chi connectivity index (χ1) is 13.9.